The van der Waals surface area contributed by atoms with Gasteiger partial charge in [0, 0.05) is 24.5 Å². The number of pyridine rings is 1. The molecule has 1 aromatic heterocycles. The lowest BCUT2D eigenvalue weighted by molar-refractivity contribution is 0.151. The molecule has 1 atom stereocenters. The Bertz CT molecular complexity index is 325. The lowest BCUT2D eigenvalue weighted by Crippen LogP contribution is -2.56. The molecule has 1 N–H and O–H groups in total. The number of nitrogens with zero attached hydrogens (tertiary/aromatic N) is 2. The average molecular weight is 219 g/mol. The summed E-state index contributed by atoms with van der Waals surface area (Å²) < 4.78 is 0. The Morgan fingerprint density at radius 1 is 1.56 bits per heavy atom. The van der Waals surface area contributed by atoms with Crippen LogP contribution in [0.4, 0.5) is 0 Å². The fourth-order valence-electron chi connectivity index (χ4n) is 2.69. The van der Waals surface area contributed by atoms with Gasteiger partial charge in [-0.25, -0.2) is 0 Å². The highest BCUT2D eigenvalue weighted by molar-refractivity contribution is 5.14. The minimum Gasteiger partial charge on any atom is -0.313 e. The van der Waals surface area contributed by atoms with E-state index in [9.17, 15) is 0 Å². The van der Waals surface area contributed by atoms with Crippen LogP contribution in [0.25, 0.3) is 0 Å². The van der Waals surface area contributed by atoms with E-state index in [-0.39, 0.29) is 5.54 Å². The van der Waals surface area contributed by atoms with Crippen molar-refractivity contribution in [3.63, 3.8) is 0 Å². The van der Waals surface area contributed by atoms with Crippen molar-refractivity contribution in [2.75, 3.05) is 27.2 Å². The van der Waals surface area contributed by atoms with E-state index in [0.717, 1.165) is 13.0 Å². The molecular formula is C13H21N3. The van der Waals surface area contributed by atoms with Crippen molar-refractivity contribution in [2.24, 2.45) is 0 Å². The van der Waals surface area contributed by atoms with Gasteiger partial charge in [0.1, 0.15) is 0 Å². The van der Waals surface area contributed by atoms with E-state index in [1.54, 1.807) is 0 Å². The molecule has 0 bridgehead atoms. The summed E-state index contributed by atoms with van der Waals surface area (Å²) in [7, 11) is 4.28. The second-order valence-electron chi connectivity index (χ2n) is 4.91. The third-order valence-electron chi connectivity index (χ3n) is 3.56. The molecule has 3 heteroatoms. The largest absolute Gasteiger partial charge is 0.313 e. The molecule has 1 aliphatic heterocycles. The summed E-state index contributed by atoms with van der Waals surface area (Å²) in [4.78, 5) is 6.61. The zero-order valence-electron chi connectivity index (χ0n) is 10.2. The Kier molecular flexibility index (Phi) is 3.56. The molecule has 0 saturated carbocycles. The Hall–Kier alpha value is -0.930. The summed E-state index contributed by atoms with van der Waals surface area (Å²) in [6.45, 7) is 2.34. The third-order valence-corrected chi connectivity index (χ3v) is 3.56. The first-order chi connectivity index (χ1) is 7.74. The molecule has 1 saturated heterocycles. The topological polar surface area (TPSA) is 28.2 Å². The Labute approximate surface area is 97.9 Å². The molecule has 1 fully saturated rings. The number of hydrogen-bond donors (Lipinski definition) is 1. The van der Waals surface area contributed by atoms with E-state index in [2.05, 4.69) is 35.4 Å². The van der Waals surface area contributed by atoms with Crippen LogP contribution >= 0.6 is 0 Å². The molecule has 0 spiro atoms. The van der Waals surface area contributed by atoms with Crippen molar-refractivity contribution in [3.05, 3.63) is 30.1 Å². The zero-order chi connectivity index (χ0) is 11.4. The number of hydrogen-bond acceptors (Lipinski definition) is 3. The van der Waals surface area contributed by atoms with E-state index in [4.69, 9.17) is 0 Å². The van der Waals surface area contributed by atoms with Crippen LogP contribution in [0.1, 0.15) is 18.4 Å². The Morgan fingerprint density at radius 3 is 3.06 bits per heavy atom. The van der Waals surface area contributed by atoms with E-state index in [1.165, 1.54) is 24.9 Å². The monoisotopic (exact) mass is 219 g/mol. The molecule has 0 amide bonds. The molecular weight excluding hydrogens is 198 g/mol. The predicted octanol–water partition coefficient (Wildman–Crippen LogP) is 1.31. The van der Waals surface area contributed by atoms with Gasteiger partial charge in [-0.1, -0.05) is 6.07 Å². The maximum absolute atomic E-state index is 4.19. The van der Waals surface area contributed by atoms with Gasteiger partial charge in [0.15, 0.2) is 0 Å². The minimum atomic E-state index is 0.232. The molecule has 3 nitrogen and oxygen atoms in total. The van der Waals surface area contributed by atoms with Gasteiger partial charge in [0.2, 0.25) is 0 Å². The molecule has 0 aromatic carbocycles. The van der Waals surface area contributed by atoms with Crippen molar-refractivity contribution < 1.29 is 0 Å². The Balaban J connectivity index is 2.10. The number of piperidine rings is 1. The second kappa shape index (κ2) is 4.93. The summed E-state index contributed by atoms with van der Waals surface area (Å²) in [5.41, 5.74) is 1.56. The van der Waals surface area contributed by atoms with Crippen LogP contribution in [0.15, 0.2) is 24.5 Å². The summed E-state index contributed by atoms with van der Waals surface area (Å²) in [5, 5.41) is 3.53. The summed E-state index contributed by atoms with van der Waals surface area (Å²) in [5.74, 6) is 0. The van der Waals surface area contributed by atoms with Crippen molar-refractivity contribution in [3.8, 4) is 0 Å². The smallest absolute Gasteiger partial charge is 0.0347 e. The van der Waals surface area contributed by atoms with E-state index in [0.29, 0.717) is 0 Å². The van der Waals surface area contributed by atoms with Crippen LogP contribution in [0.5, 0.6) is 0 Å². The minimum absolute atomic E-state index is 0.232. The van der Waals surface area contributed by atoms with Gasteiger partial charge in [0.05, 0.1) is 0 Å². The van der Waals surface area contributed by atoms with Gasteiger partial charge in [-0.05, 0) is 51.5 Å². The lowest BCUT2D eigenvalue weighted by atomic mass is 9.84. The van der Waals surface area contributed by atoms with Gasteiger partial charge in [-0.3, -0.25) is 4.98 Å². The third kappa shape index (κ3) is 2.60. The van der Waals surface area contributed by atoms with Crippen molar-refractivity contribution in [1.29, 1.82) is 0 Å². The molecule has 88 valence electrons. The van der Waals surface area contributed by atoms with Gasteiger partial charge in [0.25, 0.3) is 0 Å². The van der Waals surface area contributed by atoms with Crippen LogP contribution in [-0.4, -0.2) is 42.6 Å². The summed E-state index contributed by atoms with van der Waals surface area (Å²) >= 11 is 0. The maximum Gasteiger partial charge on any atom is 0.0347 e. The van der Waals surface area contributed by atoms with Crippen LogP contribution in [0.2, 0.25) is 0 Å². The molecule has 2 heterocycles. The van der Waals surface area contributed by atoms with E-state index >= 15 is 0 Å². The molecule has 1 aromatic rings. The molecule has 0 radical (unpaired) electrons. The van der Waals surface area contributed by atoms with Crippen molar-refractivity contribution in [2.45, 2.75) is 24.8 Å². The second-order valence-corrected chi connectivity index (χ2v) is 4.91. The average Bonchev–Trinajstić information content (AvgIpc) is 2.30. The molecule has 0 aliphatic carbocycles. The van der Waals surface area contributed by atoms with Crippen molar-refractivity contribution >= 4 is 0 Å². The molecule has 1 aliphatic rings. The number of likely N-dealkylation sites (tertiary alicyclic amines) is 1. The SMILES string of the molecule is CNC1(Cc2cccnc2)CCCN(C)C1. The molecule has 1 unspecified atom stereocenters. The maximum atomic E-state index is 4.19. The highest BCUT2D eigenvalue weighted by Gasteiger charge is 2.32. The summed E-state index contributed by atoms with van der Waals surface area (Å²) in [6, 6.07) is 4.19. The van der Waals surface area contributed by atoms with Crippen LogP contribution in [-0.2, 0) is 6.42 Å². The highest BCUT2D eigenvalue weighted by Crippen LogP contribution is 2.24. The highest BCUT2D eigenvalue weighted by atomic mass is 15.2. The van der Waals surface area contributed by atoms with Gasteiger partial charge in [-0.2, -0.15) is 0 Å². The van der Waals surface area contributed by atoms with Crippen LogP contribution in [0, 0.1) is 0 Å². The molecule has 2 rings (SSSR count). The van der Waals surface area contributed by atoms with Gasteiger partial charge in [-0.15, -0.1) is 0 Å². The van der Waals surface area contributed by atoms with Crippen LogP contribution in [0.3, 0.4) is 0 Å². The van der Waals surface area contributed by atoms with Crippen molar-refractivity contribution in [1.82, 2.24) is 15.2 Å². The van der Waals surface area contributed by atoms with Gasteiger partial charge < -0.3 is 10.2 Å². The Morgan fingerprint density at radius 2 is 2.44 bits per heavy atom. The number of nitrogens with one attached hydrogen (secondary N) is 1. The zero-order valence-corrected chi connectivity index (χ0v) is 10.2. The van der Waals surface area contributed by atoms with E-state index < -0.39 is 0 Å². The fraction of sp³-hybridized carbons (Fsp3) is 0.615. The fourth-order valence-corrected chi connectivity index (χ4v) is 2.69. The predicted molar refractivity (Wildman–Crippen MR) is 66.5 cm³/mol. The molecule has 16 heavy (non-hydrogen) atoms. The quantitative estimate of drug-likeness (QED) is 0.831. The van der Waals surface area contributed by atoms with Crippen LogP contribution < -0.4 is 5.32 Å². The normalized spacial score (nSPS) is 26.9. The first-order valence-corrected chi connectivity index (χ1v) is 6.00. The van der Waals surface area contributed by atoms with Gasteiger partial charge >= 0.3 is 0 Å². The first-order valence-electron chi connectivity index (χ1n) is 6.00. The summed E-state index contributed by atoms with van der Waals surface area (Å²) in [6.07, 6.45) is 7.41. The lowest BCUT2D eigenvalue weighted by Gasteiger charge is -2.41. The first kappa shape index (κ1) is 11.6. The number of likely N-dealkylation sites (N-methyl/N-ethyl adjacent to an activating group) is 2. The standard InChI is InChI=1S/C13H21N3/c1-14-13(6-4-8-16(2)11-13)9-12-5-3-7-15-10-12/h3,5,7,10,14H,4,6,8-9,11H2,1-2H3. The number of rotatable bonds is 3. The van der Waals surface area contributed by atoms with E-state index in [1.807, 2.05) is 18.5 Å². The number of aromatic nitrogens is 1.